The third kappa shape index (κ3) is 4.21. The van der Waals surface area contributed by atoms with Crippen LogP contribution < -0.4 is 9.46 Å². The van der Waals surface area contributed by atoms with Crippen LogP contribution in [0.25, 0.3) is 0 Å². The molecule has 2 rings (SSSR count). The van der Waals surface area contributed by atoms with Crippen LogP contribution in [0.1, 0.15) is 5.56 Å². The second kappa shape index (κ2) is 6.60. The molecule has 0 saturated carbocycles. The van der Waals surface area contributed by atoms with Gasteiger partial charge in [0.25, 0.3) is 0 Å². The Hall–Kier alpha value is -2.05. The van der Waals surface area contributed by atoms with E-state index in [0.717, 1.165) is 5.56 Å². The van der Waals surface area contributed by atoms with Crippen molar-refractivity contribution in [3.8, 4) is 5.75 Å². The third-order valence-corrected chi connectivity index (χ3v) is 4.41. The molecule has 112 valence electrons. The molecule has 0 heterocycles. The minimum atomic E-state index is -3.59. The average molecular weight is 306 g/mol. The highest BCUT2D eigenvalue weighted by Crippen LogP contribution is 2.16. The first kappa shape index (κ1) is 15.3. The summed E-state index contributed by atoms with van der Waals surface area (Å²) in [5, 5.41) is 0. The molecule has 0 aliphatic carbocycles. The summed E-state index contributed by atoms with van der Waals surface area (Å²) in [5.41, 5.74) is 1.39. The molecule has 0 bridgehead atoms. The number of methoxy groups -OCH3 is 1. The molecule has 0 aliphatic heterocycles. The predicted molar refractivity (Wildman–Crippen MR) is 83.4 cm³/mol. The van der Waals surface area contributed by atoms with E-state index in [1.54, 1.807) is 31.4 Å². The quantitative estimate of drug-likeness (QED) is 0.892. The normalized spacial score (nSPS) is 11.4. The topological polar surface area (TPSA) is 58.6 Å². The Morgan fingerprint density at radius 2 is 1.81 bits per heavy atom. The Balaban J connectivity index is 2.09. The van der Waals surface area contributed by atoms with E-state index >= 15 is 0 Å². The van der Waals surface area contributed by atoms with E-state index in [4.69, 9.17) is 4.74 Å². The number of nitrogens with one attached hydrogen (secondary N) is 1. The summed E-state index contributed by atoms with van der Waals surface area (Å²) in [6, 6.07) is 16.1. The molecule has 0 radical (unpaired) electrons. The van der Waals surface area contributed by atoms with Gasteiger partial charge in [0.05, 0.1) is 7.11 Å². The van der Waals surface area contributed by atoms with Crippen molar-refractivity contribution in [2.45, 2.75) is 6.54 Å². The number of anilines is 1. The molecular formula is C15H18N2O3S. The summed E-state index contributed by atoms with van der Waals surface area (Å²) >= 11 is 0. The van der Waals surface area contributed by atoms with Gasteiger partial charge in [-0.15, -0.1) is 0 Å². The second-order valence-corrected chi connectivity index (χ2v) is 6.36. The van der Waals surface area contributed by atoms with E-state index in [2.05, 4.69) is 4.72 Å². The number of hydrogen-bond acceptors (Lipinski definition) is 3. The maximum Gasteiger partial charge on any atom is 0.301 e. The van der Waals surface area contributed by atoms with Crippen LogP contribution >= 0.6 is 0 Å². The van der Waals surface area contributed by atoms with Gasteiger partial charge in [0, 0.05) is 19.3 Å². The molecule has 0 aliphatic rings. The van der Waals surface area contributed by atoms with E-state index in [9.17, 15) is 8.42 Å². The molecular weight excluding hydrogens is 288 g/mol. The highest BCUT2D eigenvalue weighted by atomic mass is 32.2. The van der Waals surface area contributed by atoms with Crippen molar-refractivity contribution in [3.05, 3.63) is 60.2 Å². The van der Waals surface area contributed by atoms with E-state index < -0.39 is 10.2 Å². The summed E-state index contributed by atoms with van der Waals surface area (Å²) in [5.74, 6) is 0.703. The Morgan fingerprint density at radius 1 is 1.10 bits per heavy atom. The first-order valence-electron chi connectivity index (χ1n) is 6.43. The third-order valence-electron chi connectivity index (χ3n) is 2.97. The Labute approximate surface area is 125 Å². The fourth-order valence-corrected chi connectivity index (χ4v) is 2.75. The van der Waals surface area contributed by atoms with Crippen LogP contribution in [-0.4, -0.2) is 26.9 Å². The molecule has 21 heavy (non-hydrogen) atoms. The lowest BCUT2D eigenvalue weighted by Crippen LogP contribution is -2.32. The molecule has 0 unspecified atom stereocenters. The van der Waals surface area contributed by atoms with Gasteiger partial charge < -0.3 is 4.74 Å². The zero-order chi connectivity index (χ0) is 15.3. The van der Waals surface area contributed by atoms with Crippen molar-refractivity contribution in [2.75, 3.05) is 18.9 Å². The van der Waals surface area contributed by atoms with Gasteiger partial charge in [0.15, 0.2) is 0 Å². The molecule has 5 nitrogen and oxygen atoms in total. The number of hydrogen-bond donors (Lipinski definition) is 1. The standard InChI is InChI=1S/C15H18N2O3S/c1-17(12-13-7-6-10-15(11-13)20-2)21(18,19)16-14-8-4-3-5-9-14/h3-11,16H,12H2,1-2H3. The number of benzene rings is 2. The van der Waals surface area contributed by atoms with Crippen LogP contribution in [-0.2, 0) is 16.8 Å². The van der Waals surface area contributed by atoms with E-state index in [-0.39, 0.29) is 6.54 Å². The van der Waals surface area contributed by atoms with Crippen LogP contribution in [0.5, 0.6) is 5.75 Å². The van der Waals surface area contributed by atoms with Crippen LogP contribution in [0, 0.1) is 0 Å². The van der Waals surface area contributed by atoms with Crippen LogP contribution in [0.3, 0.4) is 0 Å². The summed E-state index contributed by atoms with van der Waals surface area (Å²) in [4.78, 5) is 0. The van der Waals surface area contributed by atoms with Gasteiger partial charge in [-0.2, -0.15) is 12.7 Å². The van der Waals surface area contributed by atoms with Gasteiger partial charge in [0.2, 0.25) is 0 Å². The number of nitrogens with zero attached hydrogens (tertiary/aromatic N) is 1. The zero-order valence-corrected chi connectivity index (χ0v) is 12.8. The lowest BCUT2D eigenvalue weighted by molar-refractivity contribution is 0.412. The molecule has 0 spiro atoms. The number of rotatable bonds is 6. The fourth-order valence-electron chi connectivity index (χ4n) is 1.85. The summed E-state index contributed by atoms with van der Waals surface area (Å²) in [7, 11) is -0.476. The molecule has 6 heteroatoms. The molecule has 0 fully saturated rings. The molecule has 0 aromatic heterocycles. The van der Waals surface area contributed by atoms with E-state index in [1.165, 1.54) is 11.4 Å². The van der Waals surface area contributed by atoms with Crippen LogP contribution in [0.4, 0.5) is 5.69 Å². The predicted octanol–water partition coefficient (Wildman–Crippen LogP) is 2.48. The maximum atomic E-state index is 12.2. The summed E-state index contributed by atoms with van der Waals surface area (Å²) < 4.78 is 33.4. The van der Waals surface area contributed by atoms with Crippen LogP contribution in [0.15, 0.2) is 54.6 Å². The average Bonchev–Trinajstić information content (AvgIpc) is 2.48. The molecule has 1 N–H and O–H groups in total. The van der Waals surface area contributed by atoms with E-state index in [1.807, 2.05) is 30.3 Å². The largest absolute Gasteiger partial charge is 0.497 e. The lowest BCUT2D eigenvalue weighted by Gasteiger charge is -2.18. The van der Waals surface area contributed by atoms with E-state index in [0.29, 0.717) is 11.4 Å². The van der Waals surface area contributed by atoms with Crippen molar-refractivity contribution >= 4 is 15.9 Å². The number of para-hydroxylation sites is 1. The summed E-state index contributed by atoms with van der Waals surface area (Å²) in [6.45, 7) is 0.263. The molecule has 0 atom stereocenters. The monoisotopic (exact) mass is 306 g/mol. The Morgan fingerprint density at radius 3 is 2.48 bits per heavy atom. The second-order valence-electron chi connectivity index (χ2n) is 4.58. The lowest BCUT2D eigenvalue weighted by atomic mass is 10.2. The molecule has 2 aromatic carbocycles. The summed E-state index contributed by atoms with van der Waals surface area (Å²) in [6.07, 6.45) is 0. The van der Waals surface area contributed by atoms with Crippen molar-refractivity contribution < 1.29 is 13.2 Å². The minimum absolute atomic E-state index is 0.263. The van der Waals surface area contributed by atoms with Crippen molar-refractivity contribution in [1.29, 1.82) is 0 Å². The minimum Gasteiger partial charge on any atom is -0.497 e. The van der Waals surface area contributed by atoms with Gasteiger partial charge >= 0.3 is 10.2 Å². The van der Waals surface area contributed by atoms with Gasteiger partial charge in [-0.05, 0) is 29.8 Å². The van der Waals surface area contributed by atoms with Crippen LogP contribution in [0.2, 0.25) is 0 Å². The molecule has 0 saturated heterocycles. The molecule has 2 aromatic rings. The van der Waals surface area contributed by atoms with Crippen molar-refractivity contribution in [2.24, 2.45) is 0 Å². The fraction of sp³-hybridized carbons (Fsp3) is 0.200. The Kier molecular flexibility index (Phi) is 4.82. The highest BCUT2D eigenvalue weighted by molar-refractivity contribution is 7.90. The first-order chi connectivity index (χ1) is 10.0. The number of ether oxygens (including phenoxy) is 1. The zero-order valence-electron chi connectivity index (χ0n) is 12.0. The first-order valence-corrected chi connectivity index (χ1v) is 7.87. The van der Waals surface area contributed by atoms with Gasteiger partial charge in [-0.25, -0.2) is 0 Å². The van der Waals surface area contributed by atoms with Gasteiger partial charge in [0.1, 0.15) is 5.75 Å². The smallest absolute Gasteiger partial charge is 0.301 e. The SMILES string of the molecule is COc1cccc(CN(C)S(=O)(=O)Nc2ccccc2)c1. The van der Waals surface area contributed by atoms with Crippen molar-refractivity contribution in [3.63, 3.8) is 0 Å². The van der Waals surface area contributed by atoms with Crippen molar-refractivity contribution in [1.82, 2.24) is 4.31 Å². The van der Waals surface area contributed by atoms with Gasteiger partial charge in [-0.3, -0.25) is 4.72 Å². The maximum absolute atomic E-state index is 12.2. The Bertz CT molecular complexity index is 687. The molecule has 0 amide bonds. The highest BCUT2D eigenvalue weighted by Gasteiger charge is 2.17. The van der Waals surface area contributed by atoms with Gasteiger partial charge in [-0.1, -0.05) is 30.3 Å².